The Kier molecular flexibility index (Phi) is 5.16. The molecule has 0 unspecified atom stereocenters. The zero-order valence-electron chi connectivity index (χ0n) is 14.5. The number of nitrogens with one attached hydrogen (secondary N) is 1. The standard InChI is InChI=1S/C18H26N4O2/c1-14(23)22-16-6-4-3-5-15(16)13-17(22)18(24)19-7-8-21-11-9-20(2)10-12-21/h3-6,17H,7-13H2,1-2H3,(H,19,24)/t17-/m1/s1. The smallest absolute Gasteiger partial charge is 0.243 e. The van der Waals surface area contributed by atoms with E-state index in [1.54, 1.807) is 4.90 Å². The van der Waals surface area contributed by atoms with E-state index in [0.29, 0.717) is 13.0 Å². The molecule has 2 aliphatic rings. The van der Waals surface area contributed by atoms with Crippen molar-refractivity contribution in [3.05, 3.63) is 29.8 Å². The summed E-state index contributed by atoms with van der Waals surface area (Å²) >= 11 is 0. The number of amides is 2. The molecule has 3 rings (SSSR count). The second-order valence-electron chi connectivity index (χ2n) is 6.67. The van der Waals surface area contributed by atoms with Gasteiger partial charge in [0.1, 0.15) is 6.04 Å². The van der Waals surface area contributed by atoms with Gasteiger partial charge in [0.25, 0.3) is 0 Å². The monoisotopic (exact) mass is 330 g/mol. The van der Waals surface area contributed by atoms with Crippen LogP contribution in [0.2, 0.25) is 0 Å². The van der Waals surface area contributed by atoms with Gasteiger partial charge in [-0.05, 0) is 18.7 Å². The molecule has 0 radical (unpaired) electrons. The molecule has 1 fully saturated rings. The van der Waals surface area contributed by atoms with Crippen molar-refractivity contribution in [1.29, 1.82) is 0 Å². The molecule has 1 N–H and O–H groups in total. The molecule has 0 spiro atoms. The van der Waals surface area contributed by atoms with Gasteiger partial charge in [-0.3, -0.25) is 19.4 Å². The Morgan fingerprint density at radius 3 is 2.58 bits per heavy atom. The van der Waals surface area contributed by atoms with Gasteiger partial charge in [-0.2, -0.15) is 0 Å². The van der Waals surface area contributed by atoms with Crippen molar-refractivity contribution in [3.63, 3.8) is 0 Å². The maximum absolute atomic E-state index is 12.6. The third-order valence-electron chi connectivity index (χ3n) is 4.94. The third-order valence-corrected chi connectivity index (χ3v) is 4.94. The van der Waals surface area contributed by atoms with E-state index in [9.17, 15) is 9.59 Å². The molecule has 2 heterocycles. The number of nitrogens with zero attached hydrogens (tertiary/aromatic N) is 3. The summed E-state index contributed by atoms with van der Waals surface area (Å²) in [4.78, 5) is 30.9. The molecule has 0 aliphatic carbocycles. The van der Waals surface area contributed by atoms with E-state index in [-0.39, 0.29) is 11.8 Å². The number of para-hydroxylation sites is 1. The first-order valence-electron chi connectivity index (χ1n) is 8.62. The third kappa shape index (κ3) is 3.60. The van der Waals surface area contributed by atoms with Gasteiger partial charge in [0.15, 0.2) is 0 Å². The zero-order chi connectivity index (χ0) is 17.1. The lowest BCUT2D eigenvalue weighted by Gasteiger charge is -2.32. The first-order valence-corrected chi connectivity index (χ1v) is 8.62. The fourth-order valence-corrected chi connectivity index (χ4v) is 3.51. The van der Waals surface area contributed by atoms with Crippen LogP contribution in [0.1, 0.15) is 12.5 Å². The number of hydrogen-bond donors (Lipinski definition) is 1. The second kappa shape index (κ2) is 7.32. The van der Waals surface area contributed by atoms with Crippen LogP contribution in [0.15, 0.2) is 24.3 Å². The molecule has 0 aromatic heterocycles. The highest BCUT2D eigenvalue weighted by Crippen LogP contribution is 2.32. The summed E-state index contributed by atoms with van der Waals surface area (Å²) in [7, 11) is 2.13. The van der Waals surface area contributed by atoms with Gasteiger partial charge < -0.3 is 10.2 Å². The van der Waals surface area contributed by atoms with Crippen LogP contribution in [0.25, 0.3) is 0 Å². The topological polar surface area (TPSA) is 55.9 Å². The Bertz CT molecular complexity index is 611. The maximum atomic E-state index is 12.6. The summed E-state index contributed by atoms with van der Waals surface area (Å²) in [5.41, 5.74) is 1.93. The number of piperazine rings is 1. The average molecular weight is 330 g/mol. The van der Waals surface area contributed by atoms with E-state index in [1.165, 1.54) is 6.92 Å². The zero-order valence-corrected chi connectivity index (χ0v) is 14.5. The largest absolute Gasteiger partial charge is 0.353 e. The van der Waals surface area contributed by atoms with Crippen molar-refractivity contribution in [2.45, 2.75) is 19.4 Å². The molecule has 0 saturated carbocycles. The first kappa shape index (κ1) is 16.9. The number of carbonyl (C=O) groups excluding carboxylic acids is 2. The summed E-state index contributed by atoms with van der Waals surface area (Å²) in [6, 6.07) is 7.33. The average Bonchev–Trinajstić information content (AvgIpc) is 2.96. The fourth-order valence-electron chi connectivity index (χ4n) is 3.51. The predicted octanol–water partition coefficient (Wildman–Crippen LogP) is 0.328. The van der Waals surface area contributed by atoms with E-state index < -0.39 is 6.04 Å². The van der Waals surface area contributed by atoms with Crippen LogP contribution >= 0.6 is 0 Å². The molecule has 2 amide bonds. The Morgan fingerprint density at radius 2 is 1.88 bits per heavy atom. The second-order valence-corrected chi connectivity index (χ2v) is 6.67. The Labute approximate surface area is 143 Å². The van der Waals surface area contributed by atoms with E-state index >= 15 is 0 Å². The van der Waals surface area contributed by atoms with E-state index in [4.69, 9.17) is 0 Å². The number of benzene rings is 1. The van der Waals surface area contributed by atoms with Crippen LogP contribution in [0, 0.1) is 0 Å². The molecule has 6 heteroatoms. The Morgan fingerprint density at radius 1 is 1.17 bits per heavy atom. The maximum Gasteiger partial charge on any atom is 0.243 e. The molecule has 6 nitrogen and oxygen atoms in total. The molecule has 1 aromatic carbocycles. The number of rotatable bonds is 4. The highest BCUT2D eigenvalue weighted by Gasteiger charge is 2.36. The molecule has 0 bridgehead atoms. The van der Waals surface area contributed by atoms with Crippen LogP contribution < -0.4 is 10.2 Å². The number of hydrogen-bond acceptors (Lipinski definition) is 4. The Hall–Kier alpha value is -1.92. The minimum Gasteiger partial charge on any atom is -0.353 e. The van der Waals surface area contributed by atoms with Crippen molar-refractivity contribution in [1.82, 2.24) is 15.1 Å². The van der Waals surface area contributed by atoms with E-state index in [2.05, 4.69) is 22.2 Å². The molecule has 2 aliphatic heterocycles. The van der Waals surface area contributed by atoms with Crippen molar-refractivity contribution in [3.8, 4) is 0 Å². The summed E-state index contributed by atoms with van der Waals surface area (Å²) in [6.45, 7) is 7.24. The molecule has 1 atom stereocenters. The van der Waals surface area contributed by atoms with Crippen molar-refractivity contribution in [2.24, 2.45) is 0 Å². The number of anilines is 1. The molecule has 1 saturated heterocycles. The van der Waals surface area contributed by atoms with E-state index in [1.807, 2.05) is 24.3 Å². The number of carbonyl (C=O) groups is 2. The summed E-state index contributed by atoms with van der Waals surface area (Å²) in [5.74, 6) is -0.144. The van der Waals surface area contributed by atoms with Gasteiger partial charge in [0.05, 0.1) is 0 Å². The van der Waals surface area contributed by atoms with Crippen LogP contribution in [0.5, 0.6) is 0 Å². The minimum atomic E-state index is -0.424. The fraction of sp³-hybridized carbons (Fsp3) is 0.556. The molecular formula is C18H26N4O2. The number of fused-ring (bicyclic) bond motifs is 1. The molecule has 130 valence electrons. The van der Waals surface area contributed by atoms with Crippen molar-refractivity contribution in [2.75, 3.05) is 51.2 Å². The van der Waals surface area contributed by atoms with Crippen molar-refractivity contribution >= 4 is 17.5 Å². The normalized spacial score (nSPS) is 21.6. The van der Waals surface area contributed by atoms with Crippen LogP contribution in [0.3, 0.4) is 0 Å². The molecular weight excluding hydrogens is 304 g/mol. The van der Waals surface area contributed by atoms with Gasteiger partial charge >= 0.3 is 0 Å². The van der Waals surface area contributed by atoms with Gasteiger partial charge in [-0.1, -0.05) is 18.2 Å². The van der Waals surface area contributed by atoms with Crippen LogP contribution in [0.4, 0.5) is 5.69 Å². The lowest BCUT2D eigenvalue weighted by atomic mass is 10.1. The van der Waals surface area contributed by atoms with E-state index in [0.717, 1.165) is 44.0 Å². The highest BCUT2D eigenvalue weighted by molar-refractivity contribution is 6.02. The summed E-state index contributed by atoms with van der Waals surface area (Å²) in [5, 5.41) is 3.01. The molecule has 24 heavy (non-hydrogen) atoms. The van der Waals surface area contributed by atoms with Gasteiger partial charge in [-0.15, -0.1) is 0 Å². The Balaban J connectivity index is 1.54. The van der Waals surface area contributed by atoms with Gasteiger partial charge in [-0.25, -0.2) is 0 Å². The van der Waals surface area contributed by atoms with Crippen LogP contribution in [-0.4, -0.2) is 74.0 Å². The summed E-state index contributed by atoms with van der Waals surface area (Å²) < 4.78 is 0. The quantitative estimate of drug-likeness (QED) is 0.864. The SMILES string of the molecule is CC(=O)N1c2ccccc2C[C@@H]1C(=O)NCCN1CCN(C)CC1. The summed E-state index contributed by atoms with van der Waals surface area (Å²) in [6.07, 6.45) is 0.593. The first-order chi connectivity index (χ1) is 11.6. The van der Waals surface area contributed by atoms with Gasteiger partial charge in [0, 0.05) is 58.3 Å². The van der Waals surface area contributed by atoms with Crippen molar-refractivity contribution < 1.29 is 9.59 Å². The lowest BCUT2D eigenvalue weighted by molar-refractivity contribution is -0.125. The van der Waals surface area contributed by atoms with Gasteiger partial charge in [0.2, 0.25) is 11.8 Å². The lowest BCUT2D eigenvalue weighted by Crippen LogP contribution is -2.50. The number of likely N-dealkylation sites (N-methyl/N-ethyl adjacent to an activating group) is 1. The molecule has 1 aromatic rings. The predicted molar refractivity (Wildman–Crippen MR) is 94.0 cm³/mol. The minimum absolute atomic E-state index is 0.0597. The van der Waals surface area contributed by atoms with Crippen LogP contribution in [-0.2, 0) is 16.0 Å². The highest BCUT2D eigenvalue weighted by atomic mass is 16.2.